The van der Waals surface area contributed by atoms with Crippen LogP contribution in [-0.4, -0.2) is 38.7 Å². The van der Waals surface area contributed by atoms with Crippen molar-refractivity contribution in [3.05, 3.63) is 34.6 Å². The molecule has 0 radical (unpaired) electrons. The van der Waals surface area contributed by atoms with Gasteiger partial charge in [-0.05, 0) is 37.8 Å². The monoisotopic (exact) mass is 359 g/mol. The van der Waals surface area contributed by atoms with Crippen LogP contribution in [0, 0.1) is 5.92 Å². The van der Waals surface area contributed by atoms with Gasteiger partial charge in [0.1, 0.15) is 0 Å². The Morgan fingerprint density at radius 1 is 1.20 bits per heavy atom. The molecular weight excluding hydrogens is 334 g/mol. The lowest BCUT2D eigenvalue weighted by atomic mass is 10.2. The Morgan fingerprint density at radius 3 is 2.56 bits per heavy atom. The van der Waals surface area contributed by atoms with Gasteiger partial charge in [-0.2, -0.15) is 0 Å². The van der Waals surface area contributed by atoms with E-state index >= 15 is 0 Å². The van der Waals surface area contributed by atoms with Gasteiger partial charge in [0.15, 0.2) is 5.16 Å². The number of aromatic nitrogens is 2. The Balaban J connectivity index is 1.95. The van der Waals surface area contributed by atoms with Crippen LogP contribution in [0.3, 0.4) is 0 Å². The first-order valence-electron chi connectivity index (χ1n) is 8.92. The van der Waals surface area contributed by atoms with Crippen molar-refractivity contribution < 1.29 is 4.79 Å². The fourth-order valence-electron chi connectivity index (χ4n) is 3.17. The summed E-state index contributed by atoms with van der Waals surface area (Å²) in [6, 6.07) is 7.41. The van der Waals surface area contributed by atoms with Crippen molar-refractivity contribution in [2.24, 2.45) is 5.92 Å². The van der Waals surface area contributed by atoms with Crippen molar-refractivity contribution in [3.63, 3.8) is 0 Å². The molecule has 0 saturated carbocycles. The van der Waals surface area contributed by atoms with Gasteiger partial charge < -0.3 is 4.90 Å². The number of benzene rings is 1. The Hall–Kier alpha value is -1.82. The third-order valence-electron chi connectivity index (χ3n) is 4.42. The van der Waals surface area contributed by atoms with Crippen LogP contribution in [0.15, 0.2) is 34.2 Å². The first kappa shape index (κ1) is 18.0. The molecule has 5 nitrogen and oxygen atoms in total. The average Bonchev–Trinajstić information content (AvgIpc) is 3.12. The lowest BCUT2D eigenvalue weighted by Crippen LogP contribution is -2.35. The first-order valence-corrected chi connectivity index (χ1v) is 9.80. The Bertz CT molecular complexity index is 825. The van der Waals surface area contributed by atoms with Crippen LogP contribution in [0.5, 0.6) is 0 Å². The second-order valence-electron chi connectivity index (χ2n) is 7.01. The molecule has 1 aliphatic rings. The molecule has 1 aromatic heterocycles. The smallest absolute Gasteiger partial charge is 0.262 e. The number of nitrogens with zero attached hydrogens (tertiary/aromatic N) is 3. The summed E-state index contributed by atoms with van der Waals surface area (Å²) in [7, 11) is 0. The van der Waals surface area contributed by atoms with Gasteiger partial charge in [-0.15, -0.1) is 0 Å². The van der Waals surface area contributed by atoms with E-state index in [1.807, 2.05) is 36.1 Å². The predicted octanol–water partition coefficient (Wildman–Crippen LogP) is 3.16. The maximum Gasteiger partial charge on any atom is 0.262 e. The van der Waals surface area contributed by atoms with E-state index in [1.54, 1.807) is 4.57 Å². The fourth-order valence-corrected chi connectivity index (χ4v) is 4.17. The Morgan fingerprint density at radius 2 is 1.88 bits per heavy atom. The van der Waals surface area contributed by atoms with Gasteiger partial charge in [0.05, 0.1) is 16.2 Å². The number of hydrogen-bond donors (Lipinski definition) is 0. The van der Waals surface area contributed by atoms with Crippen LogP contribution in [-0.2, 0) is 11.3 Å². The molecule has 1 fully saturated rings. The molecule has 0 N–H and O–H groups in total. The van der Waals surface area contributed by atoms with Gasteiger partial charge in [0, 0.05) is 19.6 Å². The maximum atomic E-state index is 12.9. The molecule has 1 aliphatic heterocycles. The molecule has 25 heavy (non-hydrogen) atoms. The van der Waals surface area contributed by atoms with E-state index < -0.39 is 0 Å². The van der Waals surface area contributed by atoms with E-state index in [0.717, 1.165) is 25.9 Å². The summed E-state index contributed by atoms with van der Waals surface area (Å²) < 4.78 is 1.73. The molecule has 0 spiro atoms. The van der Waals surface area contributed by atoms with Gasteiger partial charge in [-0.1, -0.05) is 37.7 Å². The van der Waals surface area contributed by atoms with Gasteiger partial charge in [-0.25, -0.2) is 4.98 Å². The van der Waals surface area contributed by atoms with Gasteiger partial charge in [-0.3, -0.25) is 14.2 Å². The molecule has 0 aliphatic carbocycles. The Kier molecular flexibility index (Phi) is 5.47. The average molecular weight is 359 g/mol. The highest BCUT2D eigenvalue weighted by Crippen LogP contribution is 2.25. The minimum atomic E-state index is -0.246. The van der Waals surface area contributed by atoms with Crippen molar-refractivity contribution in [1.82, 2.24) is 14.5 Å². The number of rotatable bonds is 5. The number of likely N-dealkylation sites (tertiary alicyclic amines) is 1. The van der Waals surface area contributed by atoms with Crippen LogP contribution < -0.4 is 5.56 Å². The topological polar surface area (TPSA) is 55.2 Å². The number of fused-ring (bicyclic) bond motifs is 1. The minimum absolute atomic E-state index is 0.0254. The molecule has 1 atom stereocenters. The quantitative estimate of drug-likeness (QED) is 0.608. The van der Waals surface area contributed by atoms with Crippen molar-refractivity contribution in [2.45, 2.75) is 50.6 Å². The van der Waals surface area contributed by atoms with Gasteiger partial charge in [0.25, 0.3) is 5.56 Å². The second-order valence-corrected chi connectivity index (χ2v) is 8.32. The van der Waals surface area contributed by atoms with E-state index in [-0.39, 0.29) is 16.7 Å². The Labute approximate surface area is 152 Å². The van der Waals surface area contributed by atoms with Crippen LogP contribution in [0.1, 0.15) is 33.6 Å². The van der Waals surface area contributed by atoms with Crippen molar-refractivity contribution >= 4 is 28.6 Å². The molecule has 0 bridgehead atoms. The first-order chi connectivity index (χ1) is 12.0. The highest BCUT2D eigenvalue weighted by atomic mass is 32.2. The largest absolute Gasteiger partial charge is 0.342 e. The third kappa shape index (κ3) is 3.89. The lowest BCUT2D eigenvalue weighted by molar-refractivity contribution is -0.129. The SMILES string of the molecule is CC(C)Cn1c(S[C@H](C)C(=O)N2CCCC2)nc2ccccc2c1=O. The van der Waals surface area contributed by atoms with E-state index in [9.17, 15) is 9.59 Å². The number of carbonyl (C=O) groups is 1. The highest BCUT2D eigenvalue weighted by Gasteiger charge is 2.25. The zero-order chi connectivity index (χ0) is 18.0. The number of para-hydroxylation sites is 1. The molecule has 1 aromatic carbocycles. The van der Waals surface area contributed by atoms with E-state index in [2.05, 4.69) is 13.8 Å². The summed E-state index contributed by atoms with van der Waals surface area (Å²) >= 11 is 1.40. The molecule has 134 valence electrons. The summed E-state index contributed by atoms with van der Waals surface area (Å²) in [6.45, 7) is 8.35. The summed E-state index contributed by atoms with van der Waals surface area (Å²) in [6.07, 6.45) is 2.16. The normalized spacial score (nSPS) is 15.9. The van der Waals surface area contributed by atoms with Crippen molar-refractivity contribution in [2.75, 3.05) is 13.1 Å². The number of carbonyl (C=O) groups excluding carboxylic acids is 1. The number of hydrogen-bond acceptors (Lipinski definition) is 4. The van der Waals surface area contributed by atoms with Crippen molar-refractivity contribution in [3.8, 4) is 0 Å². The van der Waals surface area contributed by atoms with E-state index in [4.69, 9.17) is 4.98 Å². The van der Waals surface area contributed by atoms with Gasteiger partial charge >= 0.3 is 0 Å². The standard InChI is InChI=1S/C19H25N3O2S/c1-13(2)12-22-18(24)15-8-4-5-9-16(15)20-19(22)25-14(3)17(23)21-10-6-7-11-21/h4-5,8-9,13-14H,6-7,10-12H2,1-3H3/t14-/m1/s1. The minimum Gasteiger partial charge on any atom is -0.342 e. The summed E-state index contributed by atoms with van der Waals surface area (Å²) in [5.74, 6) is 0.464. The second kappa shape index (κ2) is 7.60. The summed E-state index contributed by atoms with van der Waals surface area (Å²) in [5.41, 5.74) is 0.665. The van der Waals surface area contributed by atoms with Gasteiger partial charge in [0.2, 0.25) is 5.91 Å². The van der Waals surface area contributed by atoms with E-state index in [1.165, 1.54) is 11.8 Å². The summed E-state index contributed by atoms with van der Waals surface area (Å²) in [4.78, 5) is 32.1. The summed E-state index contributed by atoms with van der Waals surface area (Å²) in [5, 5.41) is 1.02. The zero-order valence-electron chi connectivity index (χ0n) is 15.1. The molecule has 6 heteroatoms. The molecule has 2 heterocycles. The number of thioether (sulfide) groups is 1. The molecule has 0 unspecified atom stereocenters. The van der Waals surface area contributed by atoms with E-state index in [0.29, 0.717) is 28.5 Å². The van der Waals surface area contributed by atoms with Crippen LogP contribution in [0.4, 0.5) is 0 Å². The third-order valence-corrected chi connectivity index (χ3v) is 5.50. The van der Waals surface area contributed by atoms with Crippen LogP contribution in [0.2, 0.25) is 0 Å². The highest BCUT2D eigenvalue weighted by molar-refractivity contribution is 8.00. The maximum absolute atomic E-state index is 12.9. The number of amides is 1. The molecular formula is C19H25N3O2S. The lowest BCUT2D eigenvalue weighted by Gasteiger charge is -2.21. The molecule has 1 saturated heterocycles. The van der Waals surface area contributed by atoms with Crippen LogP contribution >= 0.6 is 11.8 Å². The predicted molar refractivity (Wildman–Crippen MR) is 102 cm³/mol. The fraction of sp³-hybridized carbons (Fsp3) is 0.526. The molecule has 1 amide bonds. The molecule has 3 rings (SSSR count). The van der Waals surface area contributed by atoms with Crippen molar-refractivity contribution in [1.29, 1.82) is 0 Å². The molecule has 2 aromatic rings. The van der Waals surface area contributed by atoms with Crippen LogP contribution in [0.25, 0.3) is 10.9 Å². The zero-order valence-corrected chi connectivity index (χ0v) is 15.9.